The Labute approximate surface area is 78.6 Å². The van der Waals surface area contributed by atoms with Crippen LogP contribution in [0.2, 0.25) is 0 Å². The van der Waals surface area contributed by atoms with Crippen molar-refractivity contribution in [3.8, 4) is 0 Å². The number of hydrogen-bond acceptors (Lipinski definition) is 2. The smallest absolute Gasteiger partial charge is 0.136 e. The quantitative estimate of drug-likeness (QED) is 0.715. The number of aliphatic hydroxyl groups excluding tert-OH is 2. The Morgan fingerprint density at radius 2 is 0.900 bits per heavy atom. The first-order chi connectivity index (χ1) is 4.46. The monoisotopic (exact) mass is 226 g/mol. The van der Waals surface area contributed by atoms with E-state index in [4.69, 9.17) is 56.6 Å². The van der Waals surface area contributed by atoms with Crippen LogP contribution >= 0.6 is 46.4 Å². The Morgan fingerprint density at radius 3 is 1.00 bits per heavy atom. The van der Waals surface area contributed by atoms with Crippen LogP contribution in [0.15, 0.2) is 0 Å². The zero-order chi connectivity index (χ0) is 8.31. The van der Waals surface area contributed by atoms with E-state index in [1.807, 2.05) is 0 Å². The third-order valence-corrected chi connectivity index (χ3v) is 1.90. The van der Waals surface area contributed by atoms with Gasteiger partial charge in [-0.05, 0) is 0 Å². The van der Waals surface area contributed by atoms with Crippen molar-refractivity contribution in [2.24, 2.45) is 0 Å². The molecule has 10 heavy (non-hydrogen) atoms. The molecule has 0 fully saturated rings. The topological polar surface area (TPSA) is 40.5 Å². The van der Waals surface area contributed by atoms with E-state index in [2.05, 4.69) is 0 Å². The molecular formula is C4H6Cl4O2. The molecule has 2 atom stereocenters. The van der Waals surface area contributed by atoms with Crippen molar-refractivity contribution < 1.29 is 10.2 Å². The highest BCUT2D eigenvalue weighted by Gasteiger charge is 2.27. The van der Waals surface area contributed by atoms with E-state index >= 15 is 0 Å². The second kappa shape index (κ2) is 4.86. The Kier molecular flexibility index (Phi) is 5.38. The van der Waals surface area contributed by atoms with Crippen molar-refractivity contribution in [2.75, 3.05) is 0 Å². The molecular weight excluding hydrogens is 222 g/mol. The fourth-order valence-corrected chi connectivity index (χ4v) is 0.894. The predicted octanol–water partition coefficient (Wildman–Crippen LogP) is 1.32. The maximum Gasteiger partial charge on any atom is 0.136 e. The largest absolute Gasteiger partial charge is 0.387 e. The van der Waals surface area contributed by atoms with E-state index in [-0.39, 0.29) is 0 Å². The second-order valence-corrected chi connectivity index (χ2v) is 3.98. The highest BCUT2D eigenvalue weighted by atomic mass is 35.5. The summed E-state index contributed by atoms with van der Waals surface area (Å²) in [5, 5.41) is 17.8. The molecule has 2 N–H and O–H groups in total. The lowest BCUT2D eigenvalue weighted by atomic mass is 10.2. The molecule has 0 aliphatic carbocycles. The first-order valence-electron chi connectivity index (χ1n) is 2.39. The molecule has 0 aromatic rings. The van der Waals surface area contributed by atoms with Gasteiger partial charge in [-0.3, -0.25) is 0 Å². The molecule has 2 nitrogen and oxygen atoms in total. The molecule has 0 saturated carbocycles. The lowest BCUT2D eigenvalue weighted by Crippen LogP contribution is -2.36. The minimum Gasteiger partial charge on any atom is -0.387 e. The van der Waals surface area contributed by atoms with E-state index in [1.165, 1.54) is 0 Å². The van der Waals surface area contributed by atoms with Crippen LogP contribution in [0, 0.1) is 0 Å². The number of halogens is 4. The molecule has 0 radical (unpaired) electrons. The van der Waals surface area contributed by atoms with Gasteiger partial charge in [-0.1, -0.05) is 0 Å². The summed E-state index contributed by atoms with van der Waals surface area (Å²) in [6, 6.07) is 0. The predicted molar refractivity (Wildman–Crippen MR) is 43.0 cm³/mol. The molecule has 0 aromatic carbocycles. The van der Waals surface area contributed by atoms with Gasteiger partial charge in [0.1, 0.15) is 21.9 Å². The Morgan fingerprint density at radius 1 is 0.700 bits per heavy atom. The minimum absolute atomic E-state index is 1.09. The SMILES string of the molecule is O[C@H](C(Cl)Cl)[C@H](O)C(Cl)Cl. The summed E-state index contributed by atoms with van der Waals surface area (Å²) < 4.78 is 0. The Bertz CT molecular complexity index is 85.3. The van der Waals surface area contributed by atoms with Gasteiger partial charge in [-0.15, -0.1) is 46.4 Å². The lowest BCUT2D eigenvalue weighted by Gasteiger charge is -2.18. The average molecular weight is 228 g/mol. The van der Waals surface area contributed by atoms with Crippen LogP contribution in [0.5, 0.6) is 0 Å². The number of alkyl halides is 4. The molecule has 0 saturated heterocycles. The molecule has 0 spiro atoms. The van der Waals surface area contributed by atoms with Gasteiger partial charge in [0.25, 0.3) is 0 Å². The third-order valence-electron chi connectivity index (χ3n) is 0.866. The molecule has 0 bridgehead atoms. The van der Waals surface area contributed by atoms with E-state index in [0.717, 1.165) is 0 Å². The zero-order valence-corrected chi connectivity index (χ0v) is 7.74. The molecule has 0 aliphatic rings. The van der Waals surface area contributed by atoms with Gasteiger partial charge < -0.3 is 10.2 Å². The van der Waals surface area contributed by atoms with Crippen molar-refractivity contribution in [1.82, 2.24) is 0 Å². The van der Waals surface area contributed by atoms with Gasteiger partial charge in [-0.25, -0.2) is 0 Å². The zero-order valence-electron chi connectivity index (χ0n) is 4.72. The maximum absolute atomic E-state index is 8.88. The molecule has 0 unspecified atom stereocenters. The molecule has 0 heterocycles. The third kappa shape index (κ3) is 3.46. The summed E-state index contributed by atoms with van der Waals surface area (Å²) in [4.78, 5) is -2.18. The molecule has 6 heteroatoms. The van der Waals surface area contributed by atoms with Gasteiger partial charge in [0.05, 0.1) is 0 Å². The molecule has 0 rings (SSSR count). The van der Waals surface area contributed by atoms with Gasteiger partial charge >= 0.3 is 0 Å². The number of rotatable bonds is 3. The van der Waals surface area contributed by atoms with Crippen LogP contribution in [0.25, 0.3) is 0 Å². The summed E-state index contributed by atoms with van der Waals surface area (Å²) in [5.41, 5.74) is 0. The van der Waals surface area contributed by atoms with Gasteiger partial charge in [-0.2, -0.15) is 0 Å². The molecule has 0 aromatic heterocycles. The van der Waals surface area contributed by atoms with Gasteiger partial charge in [0.2, 0.25) is 0 Å². The second-order valence-electron chi connectivity index (χ2n) is 1.65. The van der Waals surface area contributed by atoms with Crippen LogP contribution in [0.3, 0.4) is 0 Å². The first kappa shape index (κ1) is 11.1. The van der Waals surface area contributed by atoms with Crippen LogP contribution in [-0.2, 0) is 0 Å². The molecule has 0 amide bonds. The van der Waals surface area contributed by atoms with E-state index in [9.17, 15) is 0 Å². The summed E-state index contributed by atoms with van der Waals surface area (Å²) in [6.45, 7) is 0. The number of aliphatic hydroxyl groups is 2. The Hall–Kier alpha value is 1.08. The van der Waals surface area contributed by atoms with E-state index in [0.29, 0.717) is 0 Å². The summed E-state index contributed by atoms with van der Waals surface area (Å²) in [5.74, 6) is 0. The molecule has 0 aliphatic heterocycles. The van der Waals surface area contributed by atoms with Crippen molar-refractivity contribution >= 4 is 46.4 Å². The molecule has 62 valence electrons. The minimum atomic E-state index is -1.32. The van der Waals surface area contributed by atoms with Crippen molar-refractivity contribution in [3.05, 3.63) is 0 Å². The Balaban J connectivity index is 3.81. The van der Waals surface area contributed by atoms with Crippen LogP contribution in [-0.4, -0.2) is 32.1 Å². The normalized spacial score (nSPS) is 18.0. The van der Waals surface area contributed by atoms with Crippen molar-refractivity contribution in [3.63, 3.8) is 0 Å². The summed E-state index contributed by atoms with van der Waals surface area (Å²) in [7, 11) is 0. The first-order valence-corrected chi connectivity index (χ1v) is 4.14. The van der Waals surface area contributed by atoms with Crippen molar-refractivity contribution in [1.29, 1.82) is 0 Å². The summed E-state index contributed by atoms with van der Waals surface area (Å²) in [6.07, 6.45) is -2.63. The van der Waals surface area contributed by atoms with Crippen LogP contribution in [0.1, 0.15) is 0 Å². The standard InChI is InChI=1S/C4H6Cl4O2/c5-3(6)1(9)2(10)4(7)8/h1-4,9-10H/t1-,2-/m0/s1. The fourth-order valence-electron chi connectivity index (χ4n) is 0.298. The number of hydrogen-bond donors (Lipinski definition) is 2. The van der Waals surface area contributed by atoms with Gasteiger partial charge in [0.15, 0.2) is 0 Å². The van der Waals surface area contributed by atoms with Crippen LogP contribution in [0.4, 0.5) is 0 Å². The maximum atomic E-state index is 8.88. The van der Waals surface area contributed by atoms with E-state index in [1.54, 1.807) is 0 Å². The summed E-state index contributed by atoms with van der Waals surface area (Å²) >= 11 is 20.8. The highest BCUT2D eigenvalue weighted by molar-refractivity contribution is 6.46. The van der Waals surface area contributed by atoms with Crippen LogP contribution < -0.4 is 0 Å². The van der Waals surface area contributed by atoms with Gasteiger partial charge in [0, 0.05) is 0 Å². The lowest BCUT2D eigenvalue weighted by molar-refractivity contribution is 0.0367. The highest BCUT2D eigenvalue weighted by Crippen LogP contribution is 2.18. The van der Waals surface area contributed by atoms with E-state index < -0.39 is 21.9 Å². The fraction of sp³-hybridized carbons (Fsp3) is 1.00. The average Bonchev–Trinajstić information content (AvgIpc) is 1.84. The van der Waals surface area contributed by atoms with Crippen molar-refractivity contribution in [2.45, 2.75) is 21.9 Å².